The molecule has 1 saturated heterocycles. The van der Waals surface area contributed by atoms with Gasteiger partial charge in [-0.2, -0.15) is 13.2 Å². The summed E-state index contributed by atoms with van der Waals surface area (Å²) in [6, 6.07) is 10.0. The fourth-order valence-electron chi connectivity index (χ4n) is 3.71. The van der Waals surface area contributed by atoms with E-state index in [1.54, 1.807) is 22.9 Å². The van der Waals surface area contributed by atoms with Crippen LogP contribution >= 0.6 is 22.9 Å². The SMILES string of the molecule is O=C(c1ccnc2ccc(-c3ccc(Cl)s3)cc12)N1CCCC1CNS(=O)(=O)C(F)(F)F. The smallest absolute Gasteiger partial charge is 0.334 e. The number of nitrogens with zero attached hydrogens (tertiary/aromatic N) is 2. The molecule has 2 aromatic heterocycles. The molecular weight excluding hydrogens is 487 g/mol. The Bertz CT molecular complexity index is 1280. The van der Waals surface area contributed by atoms with Gasteiger partial charge >= 0.3 is 15.5 Å². The highest BCUT2D eigenvalue weighted by Crippen LogP contribution is 2.34. The van der Waals surface area contributed by atoms with Crippen molar-refractivity contribution in [3.05, 3.63) is 52.5 Å². The Balaban J connectivity index is 1.62. The van der Waals surface area contributed by atoms with Crippen molar-refractivity contribution in [1.29, 1.82) is 0 Å². The first-order valence-electron chi connectivity index (χ1n) is 9.58. The number of hydrogen-bond donors (Lipinski definition) is 1. The third kappa shape index (κ3) is 4.47. The largest absolute Gasteiger partial charge is 0.511 e. The van der Waals surface area contributed by atoms with E-state index >= 15 is 0 Å². The molecule has 0 radical (unpaired) electrons. The summed E-state index contributed by atoms with van der Waals surface area (Å²) in [5.74, 6) is -0.382. The van der Waals surface area contributed by atoms with Crippen LogP contribution in [0.15, 0.2) is 42.6 Å². The monoisotopic (exact) mass is 503 g/mol. The van der Waals surface area contributed by atoms with Gasteiger partial charge in [0.2, 0.25) is 0 Å². The van der Waals surface area contributed by atoms with Gasteiger partial charge in [0.25, 0.3) is 5.91 Å². The number of aromatic nitrogens is 1. The van der Waals surface area contributed by atoms with Gasteiger partial charge in [0, 0.05) is 35.6 Å². The third-order valence-electron chi connectivity index (χ3n) is 5.28. The number of benzene rings is 1. The van der Waals surface area contributed by atoms with Crippen LogP contribution in [0, 0.1) is 0 Å². The minimum Gasteiger partial charge on any atom is -0.334 e. The van der Waals surface area contributed by atoms with E-state index in [0.29, 0.717) is 40.2 Å². The van der Waals surface area contributed by atoms with Crippen LogP contribution in [0.2, 0.25) is 4.34 Å². The lowest BCUT2D eigenvalue weighted by atomic mass is 10.0. The maximum absolute atomic E-state index is 13.3. The lowest BCUT2D eigenvalue weighted by Gasteiger charge is -2.25. The van der Waals surface area contributed by atoms with Gasteiger partial charge in [0.1, 0.15) is 0 Å². The molecule has 6 nitrogen and oxygen atoms in total. The molecule has 0 aliphatic carbocycles. The van der Waals surface area contributed by atoms with Gasteiger partial charge in [-0.1, -0.05) is 17.7 Å². The molecule has 1 aromatic carbocycles. The van der Waals surface area contributed by atoms with Gasteiger partial charge < -0.3 is 4.90 Å². The molecule has 12 heteroatoms. The van der Waals surface area contributed by atoms with E-state index in [1.165, 1.54) is 22.4 Å². The number of sulfonamides is 1. The molecule has 1 unspecified atom stereocenters. The molecule has 32 heavy (non-hydrogen) atoms. The summed E-state index contributed by atoms with van der Waals surface area (Å²) in [7, 11) is -5.48. The highest BCUT2D eigenvalue weighted by molar-refractivity contribution is 7.90. The highest BCUT2D eigenvalue weighted by Gasteiger charge is 2.46. The second kappa shape index (κ2) is 8.62. The van der Waals surface area contributed by atoms with Crippen LogP contribution < -0.4 is 4.72 Å². The molecule has 1 atom stereocenters. The Morgan fingerprint density at radius 1 is 1.25 bits per heavy atom. The molecular formula is C20H17ClF3N3O3S2. The number of alkyl halides is 3. The van der Waals surface area contributed by atoms with Crippen molar-refractivity contribution in [2.45, 2.75) is 24.4 Å². The number of fused-ring (bicyclic) bond motifs is 1. The predicted octanol–water partition coefficient (Wildman–Crippen LogP) is 4.66. The minimum absolute atomic E-state index is 0.321. The normalized spacial score (nSPS) is 17.2. The van der Waals surface area contributed by atoms with E-state index < -0.39 is 28.1 Å². The van der Waals surface area contributed by atoms with E-state index in [1.807, 2.05) is 18.2 Å². The zero-order valence-corrected chi connectivity index (χ0v) is 18.8. The zero-order chi connectivity index (χ0) is 23.1. The fraction of sp³-hybridized carbons (Fsp3) is 0.300. The summed E-state index contributed by atoms with van der Waals surface area (Å²) in [6.07, 6.45) is 2.45. The topological polar surface area (TPSA) is 79.4 Å². The van der Waals surface area contributed by atoms with Crippen molar-refractivity contribution in [2.75, 3.05) is 13.1 Å². The number of carbonyl (C=O) groups is 1. The third-order valence-corrected chi connectivity index (χ3v) is 7.72. The number of amides is 1. The van der Waals surface area contributed by atoms with Crippen LogP contribution in [0.3, 0.4) is 0 Å². The fourth-order valence-corrected chi connectivity index (χ4v) is 5.33. The maximum atomic E-state index is 13.3. The van der Waals surface area contributed by atoms with Crippen LogP contribution in [0.5, 0.6) is 0 Å². The Morgan fingerprint density at radius 2 is 2.03 bits per heavy atom. The van der Waals surface area contributed by atoms with Gasteiger partial charge in [-0.05, 0) is 48.7 Å². The molecule has 0 spiro atoms. The maximum Gasteiger partial charge on any atom is 0.511 e. The molecule has 3 aromatic rings. The van der Waals surface area contributed by atoms with E-state index in [9.17, 15) is 26.4 Å². The lowest BCUT2D eigenvalue weighted by Crippen LogP contribution is -2.46. The number of hydrogen-bond acceptors (Lipinski definition) is 5. The Labute approximate surface area is 191 Å². The molecule has 1 amide bonds. The van der Waals surface area contributed by atoms with Gasteiger partial charge in [0.15, 0.2) is 0 Å². The molecule has 3 heterocycles. The summed E-state index contributed by atoms with van der Waals surface area (Å²) < 4.78 is 62.8. The summed E-state index contributed by atoms with van der Waals surface area (Å²) in [4.78, 5) is 20.0. The molecule has 1 aliphatic rings. The Kier molecular flexibility index (Phi) is 6.19. The number of carbonyl (C=O) groups excluding carboxylic acids is 1. The minimum atomic E-state index is -5.48. The van der Waals surface area contributed by atoms with Gasteiger partial charge in [-0.3, -0.25) is 9.78 Å². The highest BCUT2D eigenvalue weighted by atomic mass is 35.5. The molecule has 1 N–H and O–H groups in total. The standard InChI is InChI=1S/C20H17ClF3N3O3S2/c21-18-6-5-17(31-18)12-3-4-16-15(10-12)14(7-8-25-16)19(28)27-9-1-2-13(27)11-26-32(29,30)20(22,23)24/h3-8,10,13,26H,1-2,9,11H2. The quantitative estimate of drug-likeness (QED) is 0.549. The first-order valence-corrected chi connectivity index (χ1v) is 12.3. The number of halogens is 4. The van der Waals surface area contributed by atoms with Gasteiger partial charge in [-0.15, -0.1) is 11.3 Å². The Morgan fingerprint density at radius 3 is 2.72 bits per heavy atom. The zero-order valence-electron chi connectivity index (χ0n) is 16.4. The number of rotatable bonds is 5. The average molecular weight is 504 g/mol. The molecule has 4 rings (SSSR count). The van der Waals surface area contributed by atoms with Crippen LogP contribution in [0.4, 0.5) is 13.2 Å². The first kappa shape index (κ1) is 23.0. The molecule has 1 aliphatic heterocycles. The summed E-state index contributed by atoms with van der Waals surface area (Å²) in [5.41, 5.74) is -3.60. The number of pyridine rings is 1. The van der Waals surface area contributed by atoms with Crippen molar-refractivity contribution >= 4 is 49.8 Å². The van der Waals surface area contributed by atoms with Crippen LogP contribution in [0.1, 0.15) is 23.2 Å². The molecule has 1 fully saturated rings. The number of likely N-dealkylation sites (tertiary alicyclic amines) is 1. The number of thiophene rings is 1. The van der Waals surface area contributed by atoms with Gasteiger partial charge in [-0.25, -0.2) is 13.1 Å². The van der Waals surface area contributed by atoms with Crippen molar-refractivity contribution in [2.24, 2.45) is 0 Å². The second-order valence-electron chi connectivity index (χ2n) is 7.29. The van der Waals surface area contributed by atoms with E-state index in [4.69, 9.17) is 11.6 Å². The van der Waals surface area contributed by atoms with Crippen LogP contribution in [-0.2, 0) is 10.0 Å². The Hall–Kier alpha value is -2.21. The van der Waals surface area contributed by atoms with Crippen LogP contribution in [0.25, 0.3) is 21.3 Å². The molecule has 0 saturated carbocycles. The summed E-state index contributed by atoms with van der Waals surface area (Å²) in [5, 5.41) is 0.598. The second-order valence-corrected chi connectivity index (χ2v) is 10.8. The average Bonchev–Trinajstić information content (AvgIpc) is 3.39. The molecule has 170 valence electrons. The van der Waals surface area contributed by atoms with Gasteiger partial charge in [0.05, 0.1) is 15.4 Å². The first-order chi connectivity index (χ1) is 15.1. The lowest BCUT2D eigenvalue weighted by molar-refractivity contribution is -0.0448. The van der Waals surface area contributed by atoms with Crippen molar-refractivity contribution in [1.82, 2.24) is 14.6 Å². The van der Waals surface area contributed by atoms with E-state index in [2.05, 4.69) is 4.98 Å². The summed E-state index contributed by atoms with van der Waals surface area (Å²) >= 11 is 7.42. The van der Waals surface area contributed by atoms with Crippen molar-refractivity contribution < 1.29 is 26.4 Å². The van der Waals surface area contributed by atoms with E-state index in [-0.39, 0.29) is 5.91 Å². The van der Waals surface area contributed by atoms with E-state index in [0.717, 1.165) is 10.4 Å². The molecule has 0 bridgehead atoms. The predicted molar refractivity (Wildman–Crippen MR) is 117 cm³/mol. The summed E-state index contributed by atoms with van der Waals surface area (Å²) in [6.45, 7) is -0.184. The van der Waals surface area contributed by atoms with Crippen molar-refractivity contribution in [3.8, 4) is 10.4 Å². The van der Waals surface area contributed by atoms with Crippen LogP contribution in [-0.4, -0.2) is 48.8 Å². The van der Waals surface area contributed by atoms with Crippen molar-refractivity contribution in [3.63, 3.8) is 0 Å². The number of nitrogens with one attached hydrogen (secondary N) is 1.